The first-order valence-electron chi connectivity index (χ1n) is 7.81. The van der Waals surface area contributed by atoms with Gasteiger partial charge in [0, 0.05) is 32.1 Å². The van der Waals surface area contributed by atoms with Crippen LogP contribution in [-0.2, 0) is 11.3 Å². The van der Waals surface area contributed by atoms with Crippen molar-refractivity contribution < 1.29 is 19.4 Å². The van der Waals surface area contributed by atoms with Crippen molar-refractivity contribution in [1.82, 2.24) is 4.90 Å². The molecule has 0 spiro atoms. The highest BCUT2D eigenvalue weighted by Crippen LogP contribution is 2.38. The maximum atomic E-state index is 11.2. The highest BCUT2D eigenvalue weighted by Gasteiger charge is 2.30. The van der Waals surface area contributed by atoms with Crippen LogP contribution in [0.2, 0.25) is 5.02 Å². The Balaban J connectivity index is 1.76. The number of nitrogens with two attached hydrogens (primary N) is 1. The second kappa shape index (κ2) is 6.95. The molecule has 2 aliphatic rings. The molecule has 2 heterocycles. The van der Waals surface area contributed by atoms with Gasteiger partial charge in [0.15, 0.2) is 11.5 Å². The Kier molecular flexibility index (Phi) is 4.94. The van der Waals surface area contributed by atoms with E-state index in [1.807, 2.05) is 12.1 Å². The minimum Gasteiger partial charge on any atom is -0.489 e. The van der Waals surface area contributed by atoms with E-state index in [0.29, 0.717) is 55.8 Å². The molecular formula is C16H21ClN2O4. The number of rotatable bonds is 3. The van der Waals surface area contributed by atoms with Gasteiger partial charge in [0.05, 0.1) is 24.2 Å². The number of hydrogen-bond acceptors (Lipinski definition) is 5. The van der Waals surface area contributed by atoms with Gasteiger partial charge in [-0.15, -0.1) is 0 Å². The quantitative estimate of drug-likeness (QED) is 0.871. The zero-order valence-corrected chi connectivity index (χ0v) is 13.6. The van der Waals surface area contributed by atoms with E-state index in [2.05, 4.69) is 4.90 Å². The summed E-state index contributed by atoms with van der Waals surface area (Å²) in [6, 6.07) is 3.65. The van der Waals surface area contributed by atoms with Crippen molar-refractivity contribution in [3.63, 3.8) is 0 Å². The molecular weight excluding hydrogens is 320 g/mol. The lowest BCUT2D eigenvalue weighted by Gasteiger charge is -2.34. The monoisotopic (exact) mass is 340 g/mol. The average molecular weight is 341 g/mol. The molecule has 0 radical (unpaired) electrons. The van der Waals surface area contributed by atoms with E-state index in [1.165, 1.54) is 0 Å². The number of carboxylic acid groups (broad SMARTS) is 1. The fourth-order valence-corrected chi connectivity index (χ4v) is 3.46. The van der Waals surface area contributed by atoms with Crippen molar-refractivity contribution in [2.75, 3.05) is 26.3 Å². The van der Waals surface area contributed by atoms with Crippen LogP contribution in [0.25, 0.3) is 0 Å². The molecule has 6 nitrogen and oxygen atoms in total. The lowest BCUT2D eigenvalue weighted by molar-refractivity contribution is -0.144. The predicted molar refractivity (Wildman–Crippen MR) is 86.1 cm³/mol. The maximum absolute atomic E-state index is 11.2. The maximum Gasteiger partial charge on any atom is 0.307 e. The molecule has 2 aliphatic heterocycles. The third-order valence-corrected chi connectivity index (χ3v) is 4.46. The van der Waals surface area contributed by atoms with E-state index in [4.69, 9.17) is 26.8 Å². The molecule has 0 amide bonds. The van der Waals surface area contributed by atoms with Gasteiger partial charge in [-0.25, -0.2) is 0 Å². The zero-order chi connectivity index (χ0) is 16.4. The molecule has 0 bridgehead atoms. The number of carboxylic acids is 1. The van der Waals surface area contributed by atoms with Crippen molar-refractivity contribution in [2.24, 2.45) is 11.7 Å². The number of ether oxygens (including phenoxy) is 2. The summed E-state index contributed by atoms with van der Waals surface area (Å²) in [5.74, 6) is 0.0317. The van der Waals surface area contributed by atoms with E-state index in [0.717, 1.165) is 12.0 Å². The van der Waals surface area contributed by atoms with Crippen LogP contribution >= 0.6 is 11.6 Å². The average Bonchev–Trinajstić information content (AvgIpc) is 2.72. The lowest BCUT2D eigenvalue weighted by Crippen LogP contribution is -2.48. The minimum absolute atomic E-state index is 0.124. The van der Waals surface area contributed by atoms with Gasteiger partial charge in [-0.05, 0) is 24.1 Å². The first kappa shape index (κ1) is 16.4. The SMILES string of the molecule is NC1CC(C(=O)O)CN(Cc2cc(Cl)c3c(c2)OCCCO3)C1. The standard InChI is InChI=1S/C16H21ClN2O4/c17-13-4-10(5-14-15(13)23-3-1-2-22-14)7-19-8-11(16(20)21)6-12(18)9-19/h4-5,11-12H,1-3,6-9,18H2,(H,20,21). The Hall–Kier alpha value is -1.50. The predicted octanol–water partition coefficient (Wildman–Crippen LogP) is 1.74. The smallest absolute Gasteiger partial charge is 0.307 e. The molecule has 2 atom stereocenters. The Morgan fingerprint density at radius 3 is 2.91 bits per heavy atom. The zero-order valence-electron chi connectivity index (χ0n) is 12.8. The van der Waals surface area contributed by atoms with Crippen LogP contribution < -0.4 is 15.2 Å². The molecule has 1 aromatic rings. The summed E-state index contributed by atoms with van der Waals surface area (Å²) in [5, 5.41) is 9.76. The van der Waals surface area contributed by atoms with Gasteiger partial charge in [-0.2, -0.15) is 0 Å². The number of nitrogens with zero attached hydrogens (tertiary/aromatic N) is 1. The normalized spacial score (nSPS) is 25.0. The Morgan fingerprint density at radius 1 is 1.35 bits per heavy atom. The van der Waals surface area contributed by atoms with Crippen molar-refractivity contribution in [3.05, 3.63) is 22.7 Å². The molecule has 0 aliphatic carbocycles. The summed E-state index contributed by atoms with van der Waals surface area (Å²) in [5.41, 5.74) is 6.96. The van der Waals surface area contributed by atoms with Crippen molar-refractivity contribution >= 4 is 17.6 Å². The van der Waals surface area contributed by atoms with Gasteiger partial charge < -0.3 is 20.3 Å². The van der Waals surface area contributed by atoms with Gasteiger partial charge in [0.2, 0.25) is 0 Å². The fraction of sp³-hybridized carbons (Fsp3) is 0.562. The number of benzene rings is 1. The molecule has 0 aromatic heterocycles. The van der Waals surface area contributed by atoms with Gasteiger partial charge in [0.1, 0.15) is 0 Å². The summed E-state index contributed by atoms with van der Waals surface area (Å²) in [6.45, 7) is 2.95. The van der Waals surface area contributed by atoms with E-state index in [1.54, 1.807) is 0 Å². The molecule has 126 valence electrons. The lowest BCUT2D eigenvalue weighted by atomic mass is 9.94. The van der Waals surface area contributed by atoms with Crippen molar-refractivity contribution in [3.8, 4) is 11.5 Å². The Bertz CT molecular complexity index is 596. The largest absolute Gasteiger partial charge is 0.489 e. The molecule has 0 saturated carbocycles. The summed E-state index contributed by atoms with van der Waals surface area (Å²) >= 11 is 6.30. The van der Waals surface area contributed by atoms with Gasteiger partial charge >= 0.3 is 5.97 Å². The number of fused-ring (bicyclic) bond motifs is 1. The van der Waals surface area contributed by atoms with Crippen LogP contribution in [0.15, 0.2) is 12.1 Å². The van der Waals surface area contributed by atoms with E-state index in [9.17, 15) is 9.90 Å². The van der Waals surface area contributed by atoms with Crippen LogP contribution in [0.4, 0.5) is 0 Å². The molecule has 2 unspecified atom stereocenters. The van der Waals surface area contributed by atoms with Gasteiger partial charge in [-0.3, -0.25) is 9.69 Å². The van der Waals surface area contributed by atoms with Crippen LogP contribution in [-0.4, -0.2) is 48.3 Å². The number of carbonyl (C=O) groups is 1. The number of hydrogen-bond donors (Lipinski definition) is 2. The van der Waals surface area contributed by atoms with Crippen LogP contribution in [0.1, 0.15) is 18.4 Å². The highest BCUT2D eigenvalue weighted by molar-refractivity contribution is 6.32. The number of halogens is 1. The Labute approximate surface area is 140 Å². The molecule has 1 saturated heterocycles. The number of likely N-dealkylation sites (tertiary alicyclic amines) is 1. The van der Waals surface area contributed by atoms with Gasteiger partial charge in [0.25, 0.3) is 0 Å². The molecule has 3 N–H and O–H groups in total. The van der Waals surface area contributed by atoms with E-state index in [-0.39, 0.29) is 6.04 Å². The molecule has 7 heteroatoms. The molecule has 3 rings (SSSR count). The summed E-state index contributed by atoms with van der Waals surface area (Å²) < 4.78 is 11.3. The summed E-state index contributed by atoms with van der Waals surface area (Å²) in [6.07, 6.45) is 1.34. The minimum atomic E-state index is -0.790. The number of aliphatic carboxylic acids is 1. The third kappa shape index (κ3) is 3.88. The number of piperidine rings is 1. The first-order chi connectivity index (χ1) is 11.0. The van der Waals surface area contributed by atoms with Gasteiger partial charge in [-0.1, -0.05) is 11.6 Å². The van der Waals surface area contributed by atoms with Crippen LogP contribution in [0.3, 0.4) is 0 Å². The molecule has 1 aromatic carbocycles. The van der Waals surface area contributed by atoms with Crippen LogP contribution in [0.5, 0.6) is 11.5 Å². The second-order valence-electron chi connectivity index (χ2n) is 6.18. The van der Waals surface area contributed by atoms with Crippen molar-refractivity contribution in [1.29, 1.82) is 0 Å². The fourth-order valence-electron chi connectivity index (χ4n) is 3.17. The van der Waals surface area contributed by atoms with E-state index >= 15 is 0 Å². The molecule has 1 fully saturated rings. The summed E-state index contributed by atoms with van der Waals surface area (Å²) in [7, 11) is 0. The highest BCUT2D eigenvalue weighted by atomic mass is 35.5. The summed E-state index contributed by atoms with van der Waals surface area (Å²) in [4.78, 5) is 13.3. The van der Waals surface area contributed by atoms with Crippen molar-refractivity contribution in [2.45, 2.75) is 25.4 Å². The Morgan fingerprint density at radius 2 is 2.13 bits per heavy atom. The van der Waals surface area contributed by atoms with Crippen LogP contribution in [0, 0.1) is 5.92 Å². The first-order valence-corrected chi connectivity index (χ1v) is 8.19. The second-order valence-corrected chi connectivity index (χ2v) is 6.59. The molecule has 23 heavy (non-hydrogen) atoms. The topological polar surface area (TPSA) is 85.0 Å². The van der Waals surface area contributed by atoms with E-state index < -0.39 is 11.9 Å². The third-order valence-electron chi connectivity index (χ3n) is 4.18.